The van der Waals surface area contributed by atoms with E-state index < -0.39 is 0 Å². The van der Waals surface area contributed by atoms with Crippen molar-refractivity contribution in [3.63, 3.8) is 0 Å². The van der Waals surface area contributed by atoms with Crippen LogP contribution in [0.2, 0.25) is 5.02 Å². The molecule has 0 spiro atoms. The fourth-order valence-corrected chi connectivity index (χ4v) is 2.16. The quantitative estimate of drug-likeness (QED) is 0.776. The summed E-state index contributed by atoms with van der Waals surface area (Å²) in [5.74, 6) is 0.108. The Balaban J connectivity index is 1.93. The van der Waals surface area contributed by atoms with Gasteiger partial charge in [0.2, 0.25) is 0 Å². The molecule has 0 fully saturated rings. The number of likely N-dealkylation sites (N-methyl/N-ethyl adjacent to an activating group) is 1. The minimum atomic E-state index is 0.108. The van der Waals surface area contributed by atoms with E-state index in [1.54, 1.807) is 24.3 Å². The van der Waals surface area contributed by atoms with E-state index >= 15 is 0 Å². The van der Waals surface area contributed by atoms with Crippen LogP contribution < -0.4 is 0 Å². The number of benzene rings is 2. The summed E-state index contributed by atoms with van der Waals surface area (Å²) in [6.07, 6.45) is 0. The van der Waals surface area contributed by atoms with Gasteiger partial charge in [-0.25, -0.2) is 0 Å². The summed E-state index contributed by atoms with van der Waals surface area (Å²) in [4.78, 5) is 14.1. The maximum Gasteiger partial charge on any atom is 0.176 e. The maximum absolute atomic E-state index is 12.1. The Bertz CT molecular complexity index is 575. The lowest BCUT2D eigenvalue weighted by molar-refractivity contribution is 0.0943. The first-order chi connectivity index (χ1) is 9.54. The van der Waals surface area contributed by atoms with Crippen LogP contribution in [-0.4, -0.2) is 24.3 Å². The number of carbonyl (C=O) groups is 1. The Hall–Kier alpha value is -1.64. The van der Waals surface area contributed by atoms with Crippen molar-refractivity contribution in [3.05, 3.63) is 70.2 Å². The molecule has 20 heavy (non-hydrogen) atoms. The molecule has 0 atom stereocenters. The van der Waals surface area contributed by atoms with Crippen LogP contribution in [0.5, 0.6) is 0 Å². The summed E-state index contributed by atoms with van der Waals surface area (Å²) < 4.78 is 0. The van der Waals surface area contributed by atoms with Crippen molar-refractivity contribution in [2.24, 2.45) is 0 Å². The van der Waals surface area contributed by atoms with E-state index in [4.69, 9.17) is 11.6 Å². The van der Waals surface area contributed by atoms with Gasteiger partial charge in [-0.15, -0.1) is 0 Å². The van der Waals surface area contributed by atoms with E-state index in [2.05, 4.69) is 31.2 Å². The third-order valence-electron chi connectivity index (χ3n) is 3.15. The number of Topliss-reactive ketones (excluding diaryl/α,β-unsaturated/α-hetero) is 1. The van der Waals surface area contributed by atoms with Gasteiger partial charge in [0, 0.05) is 17.1 Å². The molecule has 0 saturated carbocycles. The Morgan fingerprint density at radius 1 is 1.05 bits per heavy atom. The molecule has 0 aliphatic heterocycles. The second-order valence-corrected chi connectivity index (χ2v) is 5.52. The van der Waals surface area contributed by atoms with Crippen molar-refractivity contribution in [3.8, 4) is 0 Å². The van der Waals surface area contributed by atoms with Gasteiger partial charge in [-0.1, -0.05) is 41.4 Å². The first-order valence-corrected chi connectivity index (χ1v) is 6.95. The molecular weight excluding hydrogens is 270 g/mol. The molecule has 3 heteroatoms. The van der Waals surface area contributed by atoms with E-state index in [9.17, 15) is 4.79 Å². The van der Waals surface area contributed by atoms with Gasteiger partial charge in [0.25, 0.3) is 0 Å². The molecule has 0 aliphatic carbocycles. The molecule has 0 radical (unpaired) electrons. The van der Waals surface area contributed by atoms with Crippen LogP contribution in [0.3, 0.4) is 0 Å². The van der Waals surface area contributed by atoms with Gasteiger partial charge in [-0.05, 0) is 43.8 Å². The lowest BCUT2D eigenvalue weighted by Crippen LogP contribution is -2.25. The highest BCUT2D eigenvalue weighted by atomic mass is 35.5. The molecule has 2 aromatic rings. The molecular formula is C17H18ClNO. The molecule has 0 bridgehead atoms. The first kappa shape index (κ1) is 14.8. The molecule has 0 saturated heterocycles. The van der Waals surface area contributed by atoms with Crippen LogP contribution in [0, 0.1) is 6.92 Å². The summed E-state index contributed by atoms with van der Waals surface area (Å²) in [6.45, 7) is 3.23. The molecule has 2 aromatic carbocycles. The zero-order valence-electron chi connectivity index (χ0n) is 11.8. The third kappa shape index (κ3) is 4.19. The number of hydrogen-bond acceptors (Lipinski definition) is 2. The van der Waals surface area contributed by atoms with Crippen molar-refractivity contribution in [2.45, 2.75) is 13.5 Å². The van der Waals surface area contributed by atoms with Gasteiger partial charge in [0.05, 0.1) is 6.54 Å². The summed E-state index contributed by atoms with van der Waals surface area (Å²) in [6, 6.07) is 15.4. The van der Waals surface area contributed by atoms with E-state index in [1.807, 2.05) is 11.9 Å². The highest BCUT2D eigenvalue weighted by Gasteiger charge is 2.09. The normalized spacial score (nSPS) is 10.8. The molecule has 0 aliphatic rings. The third-order valence-corrected chi connectivity index (χ3v) is 3.40. The summed E-state index contributed by atoms with van der Waals surface area (Å²) in [5.41, 5.74) is 3.15. The summed E-state index contributed by atoms with van der Waals surface area (Å²) in [7, 11) is 1.95. The van der Waals surface area contributed by atoms with Gasteiger partial charge >= 0.3 is 0 Å². The average molecular weight is 288 g/mol. The smallest absolute Gasteiger partial charge is 0.176 e. The largest absolute Gasteiger partial charge is 0.295 e. The number of rotatable bonds is 5. The van der Waals surface area contributed by atoms with Crippen LogP contribution >= 0.6 is 11.6 Å². The Kier molecular flexibility index (Phi) is 4.94. The molecule has 2 nitrogen and oxygen atoms in total. The number of halogens is 1. The fraction of sp³-hybridized carbons (Fsp3) is 0.235. The summed E-state index contributed by atoms with van der Waals surface area (Å²) >= 11 is 5.82. The lowest BCUT2D eigenvalue weighted by Gasteiger charge is -2.16. The predicted molar refractivity (Wildman–Crippen MR) is 83.3 cm³/mol. The van der Waals surface area contributed by atoms with Crippen LogP contribution in [0.15, 0.2) is 48.5 Å². The highest BCUT2D eigenvalue weighted by Crippen LogP contribution is 2.11. The molecule has 0 aromatic heterocycles. The van der Waals surface area contributed by atoms with Gasteiger partial charge < -0.3 is 0 Å². The number of nitrogens with zero attached hydrogens (tertiary/aromatic N) is 1. The van der Waals surface area contributed by atoms with Crippen LogP contribution in [-0.2, 0) is 6.54 Å². The summed E-state index contributed by atoms with van der Waals surface area (Å²) in [5, 5.41) is 0.648. The number of ketones is 1. The monoisotopic (exact) mass is 287 g/mol. The Morgan fingerprint density at radius 3 is 2.25 bits per heavy atom. The van der Waals surface area contributed by atoms with Crippen molar-refractivity contribution in [1.29, 1.82) is 0 Å². The minimum Gasteiger partial charge on any atom is -0.295 e. The number of carbonyl (C=O) groups excluding carboxylic acids is 1. The van der Waals surface area contributed by atoms with E-state index in [0.717, 1.165) is 6.54 Å². The van der Waals surface area contributed by atoms with E-state index in [0.29, 0.717) is 17.1 Å². The number of aryl methyl sites for hydroxylation is 1. The average Bonchev–Trinajstić information content (AvgIpc) is 2.42. The maximum atomic E-state index is 12.1. The SMILES string of the molecule is Cc1ccc(CN(C)CC(=O)c2ccc(Cl)cc2)cc1. The van der Waals surface area contributed by atoms with E-state index in [-0.39, 0.29) is 5.78 Å². The molecule has 2 rings (SSSR count). The zero-order chi connectivity index (χ0) is 14.5. The van der Waals surface area contributed by atoms with Gasteiger partial charge in [-0.2, -0.15) is 0 Å². The fourth-order valence-electron chi connectivity index (χ4n) is 2.03. The standard InChI is InChI=1S/C17H18ClNO/c1-13-3-5-14(6-4-13)11-19(2)12-17(20)15-7-9-16(18)10-8-15/h3-10H,11-12H2,1-2H3. The van der Waals surface area contributed by atoms with Crippen LogP contribution in [0.4, 0.5) is 0 Å². The van der Waals surface area contributed by atoms with Gasteiger partial charge in [0.15, 0.2) is 5.78 Å². The number of hydrogen-bond donors (Lipinski definition) is 0. The van der Waals surface area contributed by atoms with E-state index in [1.165, 1.54) is 11.1 Å². The minimum absolute atomic E-state index is 0.108. The molecule has 104 valence electrons. The van der Waals surface area contributed by atoms with Crippen molar-refractivity contribution in [2.75, 3.05) is 13.6 Å². The van der Waals surface area contributed by atoms with Crippen molar-refractivity contribution < 1.29 is 4.79 Å². The predicted octanol–water partition coefficient (Wildman–Crippen LogP) is 3.96. The highest BCUT2D eigenvalue weighted by molar-refractivity contribution is 6.30. The van der Waals surface area contributed by atoms with Crippen molar-refractivity contribution >= 4 is 17.4 Å². The van der Waals surface area contributed by atoms with Crippen LogP contribution in [0.1, 0.15) is 21.5 Å². The Labute approximate surface area is 125 Å². The molecule has 0 N–H and O–H groups in total. The topological polar surface area (TPSA) is 20.3 Å². The molecule has 0 heterocycles. The zero-order valence-corrected chi connectivity index (χ0v) is 12.5. The van der Waals surface area contributed by atoms with Gasteiger partial charge in [0.1, 0.15) is 0 Å². The Morgan fingerprint density at radius 2 is 1.65 bits per heavy atom. The van der Waals surface area contributed by atoms with Crippen molar-refractivity contribution in [1.82, 2.24) is 4.90 Å². The molecule has 0 unspecified atom stereocenters. The van der Waals surface area contributed by atoms with Gasteiger partial charge in [-0.3, -0.25) is 9.69 Å². The second kappa shape index (κ2) is 6.69. The first-order valence-electron chi connectivity index (χ1n) is 6.57. The lowest BCUT2D eigenvalue weighted by atomic mass is 10.1. The van der Waals surface area contributed by atoms with Crippen LogP contribution in [0.25, 0.3) is 0 Å². The molecule has 0 amide bonds. The second-order valence-electron chi connectivity index (χ2n) is 5.09.